The first-order valence-electron chi connectivity index (χ1n) is 12.3. The summed E-state index contributed by atoms with van der Waals surface area (Å²) in [6.45, 7) is 9.13. The molecule has 6 heteroatoms. The highest BCUT2D eigenvalue weighted by molar-refractivity contribution is 5.96. The van der Waals surface area contributed by atoms with Crippen molar-refractivity contribution in [2.75, 3.05) is 6.61 Å². The van der Waals surface area contributed by atoms with E-state index in [-0.39, 0.29) is 12.3 Å². The second-order valence-corrected chi connectivity index (χ2v) is 9.90. The van der Waals surface area contributed by atoms with Crippen LogP contribution in [0.15, 0.2) is 30.3 Å². The minimum absolute atomic E-state index is 0.0439. The van der Waals surface area contributed by atoms with Gasteiger partial charge in [0.25, 0.3) is 5.91 Å². The number of carboxylic acid groups (broad SMARTS) is 1. The van der Waals surface area contributed by atoms with Crippen molar-refractivity contribution in [3.63, 3.8) is 0 Å². The third kappa shape index (κ3) is 3.85. The van der Waals surface area contributed by atoms with Crippen LogP contribution in [0.5, 0.6) is 5.75 Å². The minimum Gasteiger partial charge on any atom is -0.490 e. The number of hydrogen-bond donors (Lipinski definition) is 1. The van der Waals surface area contributed by atoms with Crippen LogP contribution in [0, 0.1) is 33.5 Å². The van der Waals surface area contributed by atoms with Gasteiger partial charge in [-0.1, -0.05) is 18.2 Å². The van der Waals surface area contributed by atoms with Gasteiger partial charge in [0.1, 0.15) is 0 Å². The molecule has 1 N–H and O–H groups in total. The molecule has 0 atom stereocenters. The second-order valence-electron chi connectivity index (χ2n) is 9.90. The lowest BCUT2D eigenvalue weighted by atomic mass is 9.81. The number of benzene rings is 3. The van der Waals surface area contributed by atoms with Crippen molar-refractivity contribution in [1.82, 2.24) is 4.90 Å². The topological polar surface area (TPSA) is 66.8 Å². The molecule has 0 fully saturated rings. The summed E-state index contributed by atoms with van der Waals surface area (Å²) >= 11 is 0. The first kappa shape index (κ1) is 24.0. The number of aliphatic carboxylic acids is 1. The zero-order valence-electron chi connectivity index (χ0n) is 21.1. The summed E-state index contributed by atoms with van der Waals surface area (Å²) in [5.41, 5.74) is 9.30. The molecular weight excluding hydrogens is 457 g/mol. The smallest absolute Gasteiger partial charge is 0.307 e. The van der Waals surface area contributed by atoms with Crippen LogP contribution in [-0.2, 0) is 30.7 Å². The lowest BCUT2D eigenvalue weighted by Crippen LogP contribution is -2.26. The molecule has 2 heterocycles. The van der Waals surface area contributed by atoms with E-state index in [0.29, 0.717) is 42.1 Å². The van der Waals surface area contributed by atoms with Gasteiger partial charge in [0.15, 0.2) is 11.6 Å². The van der Waals surface area contributed by atoms with Gasteiger partial charge in [0, 0.05) is 24.2 Å². The van der Waals surface area contributed by atoms with E-state index in [0.717, 1.165) is 57.3 Å². The van der Waals surface area contributed by atoms with Crippen molar-refractivity contribution in [3.8, 4) is 16.9 Å². The number of amides is 1. The Morgan fingerprint density at radius 3 is 2.39 bits per heavy atom. The molecule has 0 aliphatic carbocycles. The fourth-order valence-electron chi connectivity index (χ4n) is 5.85. The molecule has 5 rings (SSSR count). The van der Waals surface area contributed by atoms with E-state index in [4.69, 9.17) is 4.74 Å². The number of carboxylic acids is 1. The van der Waals surface area contributed by atoms with Crippen LogP contribution in [0.1, 0.15) is 61.3 Å². The maximum absolute atomic E-state index is 15.2. The SMILES string of the molecule is Cc1ccccc1C(=O)N1Cc2c(C)c(CC(=O)O)c(-c3cc(F)c4c(c3C)CCCO4)c(C)c2C1. The number of halogens is 1. The maximum atomic E-state index is 15.2. The first-order valence-corrected chi connectivity index (χ1v) is 12.3. The Labute approximate surface area is 210 Å². The molecule has 2 aliphatic heterocycles. The summed E-state index contributed by atoms with van der Waals surface area (Å²) in [5, 5.41) is 9.78. The highest BCUT2D eigenvalue weighted by Crippen LogP contribution is 2.44. The molecule has 0 aromatic heterocycles. The molecule has 36 heavy (non-hydrogen) atoms. The predicted molar refractivity (Wildman–Crippen MR) is 136 cm³/mol. The molecule has 0 bridgehead atoms. The molecule has 0 unspecified atom stereocenters. The molecule has 1 amide bonds. The van der Waals surface area contributed by atoms with E-state index in [1.54, 1.807) is 0 Å². The predicted octanol–water partition coefficient (Wildman–Crippen LogP) is 5.83. The van der Waals surface area contributed by atoms with E-state index in [1.807, 2.05) is 56.9 Å². The van der Waals surface area contributed by atoms with Gasteiger partial charge in [-0.15, -0.1) is 0 Å². The minimum atomic E-state index is -0.941. The van der Waals surface area contributed by atoms with Gasteiger partial charge in [-0.05, 0) is 103 Å². The highest BCUT2D eigenvalue weighted by atomic mass is 19.1. The van der Waals surface area contributed by atoms with Gasteiger partial charge in [-0.3, -0.25) is 9.59 Å². The number of carbonyl (C=O) groups excluding carboxylic acids is 1. The third-order valence-electron chi connectivity index (χ3n) is 7.79. The summed E-state index contributed by atoms with van der Waals surface area (Å²) in [6.07, 6.45) is 1.37. The number of aryl methyl sites for hydroxylation is 1. The van der Waals surface area contributed by atoms with E-state index in [1.165, 1.54) is 6.07 Å². The van der Waals surface area contributed by atoms with E-state index in [2.05, 4.69) is 0 Å². The van der Waals surface area contributed by atoms with Crippen molar-refractivity contribution in [3.05, 3.63) is 86.2 Å². The average Bonchev–Trinajstić information content (AvgIpc) is 3.31. The molecule has 0 saturated carbocycles. The maximum Gasteiger partial charge on any atom is 0.307 e. The van der Waals surface area contributed by atoms with Gasteiger partial charge in [-0.2, -0.15) is 0 Å². The van der Waals surface area contributed by atoms with Crippen molar-refractivity contribution >= 4 is 11.9 Å². The van der Waals surface area contributed by atoms with Crippen LogP contribution in [-0.4, -0.2) is 28.5 Å². The number of nitrogens with zero attached hydrogens (tertiary/aromatic N) is 1. The van der Waals surface area contributed by atoms with Crippen molar-refractivity contribution in [2.45, 2.75) is 60.0 Å². The van der Waals surface area contributed by atoms with Gasteiger partial charge in [0.05, 0.1) is 13.0 Å². The number of ether oxygens (including phenoxy) is 1. The number of fused-ring (bicyclic) bond motifs is 2. The van der Waals surface area contributed by atoms with Gasteiger partial charge < -0.3 is 14.7 Å². The monoisotopic (exact) mass is 487 g/mol. The van der Waals surface area contributed by atoms with E-state index in [9.17, 15) is 14.7 Å². The van der Waals surface area contributed by atoms with Crippen LogP contribution in [0.2, 0.25) is 0 Å². The van der Waals surface area contributed by atoms with Crippen molar-refractivity contribution < 1.29 is 23.8 Å². The quantitative estimate of drug-likeness (QED) is 0.503. The molecule has 2 aliphatic rings. The Morgan fingerprint density at radius 2 is 1.69 bits per heavy atom. The fourth-order valence-corrected chi connectivity index (χ4v) is 5.85. The summed E-state index contributed by atoms with van der Waals surface area (Å²) < 4.78 is 20.8. The van der Waals surface area contributed by atoms with Crippen LogP contribution in [0.4, 0.5) is 4.39 Å². The fraction of sp³-hybridized carbons (Fsp3) is 0.333. The molecule has 186 valence electrons. The molecule has 0 spiro atoms. The zero-order chi connectivity index (χ0) is 25.7. The Kier molecular flexibility index (Phi) is 6.07. The average molecular weight is 488 g/mol. The standard InChI is InChI=1S/C30H30FNO4/c1-16-8-5-6-9-20(16)30(35)32-14-24-18(3)23(13-27(33)34)28(19(4)25(24)15-32)22-12-26(31)29-21(17(22)2)10-7-11-36-29/h5-6,8-9,12H,7,10-11,13-15H2,1-4H3,(H,33,34). The summed E-state index contributed by atoms with van der Waals surface area (Å²) in [5.74, 6) is -1.09. The first-order chi connectivity index (χ1) is 17.2. The number of rotatable bonds is 4. The second kappa shape index (κ2) is 9.08. The molecule has 5 nitrogen and oxygen atoms in total. The molecule has 3 aromatic rings. The van der Waals surface area contributed by atoms with Crippen LogP contribution >= 0.6 is 0 Å². The summed E-state index contributed by atoms with van der Waals surface area (Å²) in [6, 6.07) is 9.02. The third-order valence-corrected chi connectivity index (χ3v) is 7.79. The van der Waals surface area contributed by atoms with Crippen LogP contribution in [0.25, 0.3) is 11.1 Å². The largest absolute Gasteiger partial charge is 0.490 e. The zero-order valence-corrected chi connectivity index (χ0v) is 21.1. The normalized spacial score (nSPS) is 14.3. The Bertz CT molecular complexity index is 1430. The Morgan fingerprint density at radius 1 is 1.00 bits per heavy atom. The summed E-state index contributed by atoms with van der Waals surface area (Å²) in [7, 11) is 0. The lowest BCUT2D eigenvalue weighted by Gasteiger charge is -2.25. The molecule has 0 saturated heterocycles. The Balaban J connectivity index is 1.67. The number of carbonyl (C=O) groups is 2. The summed E-state index contributed by atoms with van der Waals surface area (Å²) in [4.78, 5) is 27.2. The molecule has 0 radical (unpaired) electrons. The van der Waals surface area contributed by atoms with Crippen LogP contribution in [0.3, 0.4) is 0 Å². The van der Waals surface area contributed by atoms with Gasteiger partial charge >= 0.3 is 5.97 Å². The van der Waals surface area contributed by atoms with Gasteiger partial charge in [0.2, 0.25) is 0 Å². The van der Waals surface area contributed by atoms with Crippen molar-refractivity contribution in [1.29, 1.82) is 0 Å². The van der Waals surface area contributed by atoms with Gasteiger partial charge in [-0.25, -0.2) is 4.39 Å². The molecular formula is C30H30FNO4. The number of hydrogen-bond acceptors (Lipinski definition) is 3. The lowest BCUT2D eigenvalue weighted by molar-refractivity contribution is -0.136. The Hall–Kier alpha value is -3.67. The van der Waals surface area contributed by atoms with E-state index < -0.39 is 11.8 Å². The van der Waals surface area contributed by atoms with Crippen LogP contribution < -0.4 is 4.74 Å². The molecule has 3 aromatic carbocycles. The van der Waals surface area contributed by atoms with Crippen molar-refractivity contribution in [2.24, 2.45) is 0 Å². The highest BCUT2D eigenvalue weighted by Gasteiger charge is 2.32. The van der Waals surface area contributed by atoms with E-state index >= 15 is 4.39 Å².